The zero-order valence-electron chi connectivity index (χ0n) is 17.6. The Hall–Kier alpha value is -3.40. The van der Waals surface area contributed by atoms with E-state index in [9.17, 15) is 18.0 Å². The van der Waals surface area contributed by atoms with E-state index >= 15 is 0 Å². The monoisotopic (exact) mass is 448 g/mol. The van der Waals surface area contributed by atoms with Crippen LogP contribution >= 0.6 is 0 Å². The molecular formula is C22H23F3N4O3. The van der Waals surface area contributed by atoms with E-state index in [1.54, 1.807) is 31.2 Å². The predicted octanol–water partition coefficient (Wildman–Crippen LogP) is 4.72. The number of carbonyl (C=O) groups excluding carboxylic acids is 1. The Morgan fingerprint density at radius 3 is 2.31 bits per heavy atom. The average Bonchev–Trinajstić information content (AvgIpc) is 3.21. The molecule has 0 unspecified atom stereocenters. The molecule has 0 aliphatic rings. The van der Waals surface area contributed by atoms with Crippen LogP contribution < -0.4 is 10.1 Å². The molecule has 32 heavy (non-hydrogen) atoms. The van der Waals surface area contributed by atoms with Crippen molar-refractivity contribution in [1.82, 2.24) is 14.8 Å². The highest BCUT2D eigenvalue weighted by molar-refractivity contribution is 5.90. The van der Waals surface area contributed by atoms with Crippen LogP contribution in [0.15, 0.2) is 48.5 Å². The Labute approximate surface area is 183 Å². The molecule has 0 atom stereocenters. The van der Waals surface area contributed by atoms with Gasteiger partial charge in [-0.05, 0) is 43.3 Å². The number of ether oxygens (including phenoxy) is 2. The van der Waals surface area contributed by atoms with E-state index in [1.807, 2.05) is 6.92 Å². The lowest BCUT2D eigenvalue weighted by Crippen LogP contribution is -2.09. The number of carbonyl (C=O) groups is 1. The summed E-state index contributed by atoms with van der Waals surface area (Å²) in [5, 5.41) is 7.10. The number of hydrogen-bond donors (Lipinski definition) is 1. The average molecular weight is 448 g/mol. The standard InChI is InChI=1S/C22H23F3N4O3/c1-3-19(30)26-17-9-11-18(12-10-17)29-20(27-21(28-29)32-14-13-31-4-2)15-5-7-16(8-6-15)22(23,24)25/h5-12H,3-4,13-14H2,1-2H3,(H,26,30). The number of hydrogen-bond acceptors (Lipinski definition) is 5. The summed E-state index contributed by atoms with van der Waals surface area (Å²) in [4.78, 5) is 15.9. The van der Waals surface area contributed by atoms with E-state index < -0.39 is 11.7 Å². The van der Waals surface area contributed by atoms with Gasteiger partial charge >= 0.3 is 12.2 Å². The summed E-state index contributed by atoms with van der Waals surface area (Å²) in [5.74, 6) is 0.199. The molecular weight excluding hydrogens is 425 g/mol. The molecule has 3 aromatic rings. The first-order chi connectivity index (χ1) is 15.3. The van der Waals surface area contributed by atoms with Crippen molar-refractivity contribution in [2.75, 3.05) is 25.1 Å². The first-order valence-corrected chi connectivity index (χ1v) is 10.1. The maximum atomic E-state index is 12.9. The number of aromatic nitrogens is 3. The van der Waals surface area contributed by atoms with Gasteiger partial charge in [0, 0.05) is 24.3 Å². The minimum atomic E-state index is -4.43. The van der Waals surface area contributed by atoms with Crippen LogP contribution in [0.1, 0.15) is 25.8 Å². The second kappa shape index (κ2) is 10.3. The minimum Gasteiger partial charge on any atom is -0.460 e. The topological polar surface area (TPSA) is 78.3 Å². The summed E-state index contributed by atoms with van der Waals surface area (Å²) in [6.07, 6.45) is -4.08. The van der Waals surface area contributed by atoms with Crippen molar-refractivity contribution in [2.45, 2.75) is 26.4 Å². The van der Waals surface area contributed by atoms with Gasteiger partial charge in [-0.1, -0.05) is 19.1 Å². The van der Waals surface area contributed by atoms with Crippen molar-refractivity contribution in [3.05, 3.63) is 54.1 Å². The van der Waals surface area contributed by atoms with E-state index in [-0.39, 0.29) is 18.5 Å². The van der Waals surface area contributed by atoms with Crippen LogP contribution in [0.3, 0.4) is 0 Å². The maximum absolute atomic E-state index is 12.9. The lowest BCUT2D eigenvalue weighted by atomic mass is 10.1. The van der Waals surface area contributed by atoms with Gasteiger partial charge in [0.1, 0.15) is 6.61 Å². The zero-order valence-corrected chi connectivity index (χ0v) is 17.6. The summed E-state index contributed by atoms with van der Waals surface area (Å²) in [6.45, 7) is 4.74. The van der Waals surface area contributed by atoms with E-state index in [0.717, 1.165) is 12.1 Å². The molecule has 7 nitrogen and oxygen atoms in total. The number of alkyl halides is 3. The molecule has 0 aliphatic heterocycles. The van der Waals surface area contributed by atoms with Crippen molar-refractivity contribution in [3.8, 4) is 23.1 Å². The van der Waals surface area contributed by atoms with Gasteiger partial charge in [0.2, 0.25) is 5.91 Å². The summed E-state index contributed by atoms with van der Waals surface area (Å²) in [5.41, 5.74) is 0.900. The summed E-state index contributed by atoms with van der Waals surface area (Å²) in [7, 11) is 0. The van der Waals surface area contributed by atoms with Gasteiger partial charge in [0.15, 0.2) is 5.82 Å². The SMILES string of the molecule is CCOCCOc1nc(-c2ccc(C(F)(F)F)cc2)n(-c2ccc(NC(=O)CC)cc2)n1. The molecule has 1 aromatic heterocycles. The van der Waals surface area contributed by atoms with Crippen LogP contribution in [0, 0.1) is 0 Å². The number of benzene rings is 2. The van der Waals surface area contributed by atoms with Gasteiger partial charge in [-0.3, -0.25) is 4.79 Å². The predicted molar refractivity (Wildman–Crippen MR) is 113 cm³/mol. The fourth-order valence-corrected chi connectivity index (χ4v) is 2.80. The second-order valence-electron chi connectivity index (χ2n) is 6.70. The third-order valence-electron chi connectivity index (χ3n) is 4.44. The van der Waals surface area contributed by atoms with Crippen molar-refractivity contribution < 1.29 is 27.4 Å². The molecule has 0 spiro atoms. The third kappa shape index (κ3) is 5.85. The Balaban J connectivity index is 1.92. The molecule has 1 N–H and O–H groups in total. The van der Waals surface area contributed by atoms with Gasteiger partial charge in [-0.25, -0.2) is 4.68 Å². The van der Waals surface area contributed by atoms with Crippen LogP contribution in [0.4, 0.5) is 18.9 Å². The largest absolute Gasteiger partial charge is 0.460 e. The molecule has 3 rings (SSSR count). The smallest absolute Gasteiger partial charge is 0.416 e. The Kier molecular flexibility index (Phi) is 7.47. The normalized spacial score (nSPS) is 11.4. The van der Waals surface area contributed by atoms with Gasteiger partial charge in [0.05, 0.1) is 17.9 Å². The van der Waals surface area contributed by atoms with Gasteiger partial charge in [-0.2, -0.15) is 18.2 Å². The number of amides is 1. The van der Waals surface area contributed by atoms with Gasteiger partial charge in [0.25, 0.3) is 0 Å². The lowest BCUT2D eigenvalue weighted by molar-refractivity contribution is -0.137. The fraction of sp³-hybridized carbons (Fsp3) is 0.318. The first kappa shape index (κ1) is 23.3. The maximum Gasteiger partial charge on any atom is 0.416 e. The first-order valence-electron chi connectivity index (χ1n) is 10.1. The number of halogens is 3. The number of anilines is 1. The van der Waals surface area contributed by atoms with Crippen LogP contribution in [-0.2, 0) is 15.7 Å². The number of nitrogens with zero attached hydrogens (tertiary/aromatic N) is 3. The van der Waals surface area contributed by atoms with E-state index in [0.29, 0.717) is 42.4 Å². The van der Waals surface area contributed by atoms with Crippen molar-refractivity contribution >= 4 is 11.6 Å². The molecule has 0 saturated heterocycles. The molecule has 1 heterocycles. The quantitative estimate of drug-likeness (QED) is 0.480. The lowest BCUT2D eigenvalue weighted by Gasteiger charge is -2.09. The highest BCUT2D eigenvalue weighted by atomic mass is 19.4. The second-order valence-corrected chi connectivity index (χ2v) is 6.70. The van der Waals surface area contributed by atoms with E-state index in [2.05, 4.69) is 15.4 Å². The highest BCUT2D eigenvalue weighted by Gasteiger charge is 2.30. The molecule has 0 radical (unpaired) electrons. The van der Waals surface area contributed by atoms with Crippen molar-refractivity contribution in [3.63, 3.8) is 0 Å². The molecule has 0 saturated carbocycles. The molecule has 0 aliphatic carbocycles. The van der Waals surface area contributed by atoms with Gasteiger partial charge < -0.3 is 14.8 Å². The third-order valence-corrected chi connectivity index (χ3v) is 4.44. The Bertz CT molecular complexity index is 1030. The summed E-state index contributed by atoms with van der Waals surface area (Å²) in [6, 6.07) is 11.6. The molecule has 0 fully saturated rings. The van der Waals surface area contributed by atoms with Crippen LogP contribution in [0.2, 0.25) is 0 Å². The number of rotatable bonds is 9. The summed E-state index contributed by atoms with van der Waals surface area (Å²) < 4.78 is 51.0. The van der Waals surface area contributed by atoms with E-state index in [4.69, 9.17) is 9.47 Å². The Morgan fingerprint density at radius 1 is 1.03 bits per heavy atom. The number of nitrogens with one attached hydrogen (secondary N) is 1. The fourth-order valence-electron chi connectivity index (χ4n) is 2.80. The molecule has 10 heteroatoms. The van der Waals surface area contributed by atoms with E-state index in [1.165, 1.54) is 16.8 Å². The molecule has 2 aromatic carbocycles. The van der Waals surface area contributed by atoms with Crippen molar-refractivity contribution in [1.29, 1.82) is 0 Å². The molecule has 170 valence electrons. The van der Waals surface area contributed by atoms with Crippen LogP contribution in [-0.4, -0.2) is 40.5 Å². The van der Waals surface area contributed by atoms with Crippen LogP contribution in [0.5, 0.6) is 6.01 Å². The zero-order chi connectivity index (χ0) is 23.1. The summed E-state index contributed by atoms with van der Waals surface area (Å²) >= 11 is 0. The minimum absolute atomic E-state index is 0.0722. The highest BCUT2D eigenvalue weighted by Crippen LogP contribution is 2.31. The molecule has 1 amide bonds. The van der Waals surface area contributed by atoms with Crippen molar-refractivity contribution in [2.24, 2.45) is 0 Å². The molecule has 0 bridgehead atoms. The van der Waals surface area contributed by atoms with Crippen LogP contribution in [0.25, 0.3) is 17.1 Å². The van der Waals surface area contributed by atoms with Gasteiger partial charge in [-0.15, -0.1) is 5.10 Å². The Morgan fingerprint density at radius 2 is 1.72 bits per heavy atom.